The normalized spacial score (nSPS) is 13.6. The third-order valence-electron chi connectivity index (χ3n) is 4.43. The number of esters is 2. The summed E-state index contributed by atoms with van der Waals surface area (Å²) in [5.74, 6) is -2.43. The van der Waals surface area contributed by atoms with E-state index in [-0.39, 0.29) is 36.6 Å². The molecule has 0 aromatic carbocycles. The number of nitrogens with zero attached hydrogens (tertiary/aromatic N) is 1. The lowest BCUT2D eigenvalue weighted by molar-refractivity contribution is -0.186. The van der Waals surface area contributed by atoms with Gasteiger partial charge in [0, 0.05) is 37.7 Å². The number of aliphatic hydroxyl groups is 1. The summed E-state index contributed by atoms with van der Waals surface area (Å²) in [6.07, 6.45) is 0.682. The maximum Gasteiger partial charge on any atom is 0.342 e. The van der Waals surface area contributed by atoms with E-state index < -0.39 is 46.5 Å². The molecule has 1 heterocycles. The van der Waals surface area contributed by atoms with Crippen molar-refractivity contribution in [1.29, 1.82) is 0 Å². The number of carbonyl (C=O) groups excluding carboxylic acids is 3. The van der Waals surface area contributed by atoms with E-state index in [0.29, 0.717) is 6.42 Å². The second kappa shape index (κ2) is 13.2. The van der Waals surface area contributed by atoms with E-state index in [1.807, 2.05) is 0 Å². The Balaban J connectivity index is 2.65. The number of ether oxygens (including phenoxy) is 2. The van der Waals surface area contributed by atoms with Crippen LogP contribution in [0.2, 0.25) is 0 Å². The number of nitrogens with one attached hydrogen (secondary N) is 1. The molecule has 0 spiro atoms. The van der Waals surface area contributed by atoms with Gasteiger partial charge in [-0.3, -0.25) is 14.0 Å². The molecule has 0 saturated carbocycles. The highest BCUT2D eigenvalue weighted by Crippen LogP contribution is 2.24. The van der Waals surface area contributed by atoms with Gasteiger partial charge in [-0.2, -0.15) is 8.42 Å². The Bertz CT molecular complexity index is 888. The minimum atomic E-state index is -3.94. The monoisotopic (exact) mass is 488 g/mol. The molecule has 2 N–H and O–H groups in total. The van der Waals surface area contributed by atoms with Crippen molar-refractivity contribution in [2.75, 3.05) is 18.9 Å². The van der Waals surface area contributed by atoms with Gasteiger partial charge in [-0.1, -0.05) is 20.8 Å². The number of aliphatic hydroxyl groups excluding tert-OH is 1. The molecule has 0 aliphatic carbocycles. The van der Waals surface area contributed by atoms with Gasteiger partial charge in [0.05, 0.1) is 17.9 Å². The van der Waals surface area contributed by atoms with Gasteiger partial charge in [0.15, 0.2) is 6.10 Å². The largest absolute Gasteiger partial charge is 0.423 e. The number of pyridine rings is 1. The highest BCUT2D eigenvalue weighted by molar-refractivity contribution is 7.86. The highest BCUT2D eigenvalue weighted by Gasteiger charge is 2.38. The minimum Gasteiger partial charge on any atom is -0.423 e. The van der Waals surface area contributed by atoms with Crippen molar-refractivity contribution >= 4 is 28.0 Å². The molecule has 0 radical (unpaired) electrons. The molecular weight excluding hydrogens is 456 g/mol. The van der Waals surface area contributed by atoms with Gasteiger partial charge in [0.1, 0.15) is 0 Å². The molecule has 11 nitrogen and oxygen atoms in total. The van der Waals surface area contributed by atoms with Crippen LogP contribution in [0, 0.1) is 5.41 Å². The molecular formula is C21H32N2O9S. The molecule has 0 saturated heterocycles. The predicted molar refractivity (Wildman–Crippen MR) is 117 cm³/mol. The SMILES string of the molecule is CCCC(OC(=O)c1cccnc1)OC(=O)[C@H](O)C(C)(C)COS(=O)(=O)CCCNC(C)=O. The van der Waals surface area contributed by atoms with E-state index in [0.717, 1.165) is 0 Å². The maximum atomic E-state index is 12.5. The quantitative estimate of drug-likeness (QED) is 0.168. The van der Waals surface area contributed by atoms with Crippen LogP contribution < -0.4 is 5.32 Å². The molecule has 1 amide bonds. The Morgan fingerprint density at radius 1 is 1.24 bits per heavy atom. The average Bonchev–Trinajstić information content (AvgIpc) is 2.75. The van der Waals surface area contributed by atoms with Crippen LogP contribution in [-0.4, -0.2) is 67.7 Å². The summed E-state index contributed by atoms with van der Waals surface area (Å²) >= 11 is 0. The maximum absolute atomic E-state index is 12.5. The second-order valence-electron chi connectivity index (χ2n) is 8.05. The fourth-order valence-electron chi connectivity index (χ4n) is 2.45. The van der Waals surface area contributed by atoms with Crippen molar-refractivity contribution in [2.45, 2.75) is 59.4 Å². The summed E-state index contributed by atoms with van der Waals surface area (Å²) in [5, 5.41) is 12.9. The summed E-state index contributed by atoms with van der Waals surface area (Å²) in [4.78, 5) is 39.3. The fraction of sp³-hybridized carbons (Fsp3) is 0.619. The lowest BCUT2D eigenvalue weighted by Crippen LogP contribution is -2.43. The van der Waals surface area contributed by atoms with E-state index in [1.165, 1.54) is 39.2 Å². The van der Waals surface area contributed by atoms with E-state index in [4.69, 9.17) is 13.7 Å². The van der Waals surface area contributed by atoms with Gasteiger partial charge in [-0.15, -0.1) is 0 Å². The molecule has 1 rings (SSSR count). The van der Waals surface area contributed by atoms with Gasteiger partial charge >= 0.3 is 11.9 Å². The number of hydrogen-bond donors (Lipinski definition) is 2. The topological polar surface area (TPSA) is 158 Å². The Morgan fingerprint density at radius 3 is 2.52 bits per heavy atom. The van der Waals surface area contributed by atoms with E-state index in [2.05, 4.69) is 10.3 Å². The number of hydrogen-bond acceptors (Lipinski definition) is 10. The highest BCUT2D eigenvalue weighted by atomic mass is 32.2. The first-order chi connectivity index (χ1) is 15.4. The Morgan fingerprint density at radius 2 is 1.94 bits per heavy atom. The van der Waals surface area contributed by atoms with Crippen LogP contribution in [0.5, 0.6) is 0 Å². The summed E-state index contributed by atoms with van der Waals surface area (Å²) in [6, 6.07) is 3.05. The van der Waals surface area contributed by atoms with Crippen LogP contribution >= 0.6 is 0 Å². The number of aromatic nitrogens is 1. The zero-order valence-electron chi connectivity index (χ0n) is 19.3. The van der Waals surface area contributed by atoms with Gasteiger partial charge in [0.25, 0.3) is 10.1 Å². The van der Waals surface area contributed by atoms with Crippen molar-refractivity contribution in [3.63, 3.8) is 0 Å². The molecule has 1 unspecified atom stereocenters. The molecule has 0 bridgehead atoms. The number of rotatable bonds is 14. The molecule has 0 fully saturated rings. The lowest BCUT2D eigenvalue weighted by Gasteiger charge is -2.29. The van der Waals surface area contributed by atoms with Crippen LogP contribution in [0.4, 0.5) is 0 Å². The molecule has 186 valence electrons. The van der Waals surface area contributed by atoms with Crippen molar-refractivity contribution < 1.29 is 41.6 Å². The van der Waals surface area contributed by atoms with Crippen LogP contribution in [0.3, 0.4) is 0 Å². The molecule has 33 heavy (non-hydrogen) atoms. The average molecular weight is 489 g/mol. The molecule has 1 aromatic heterocycles. The molecule has 0 aliphatic rings. The summed E-state index contributed by atoms with van der Waals surface area (Å²) < 4.78 is 39.4. The number of amides is 1. The zero-order valence-corrected chi connectivity index (χ0v) is 20.1. The van der Waals surface area contributed by atoms with Gasteiger partial charge in [0.2, 0.25) is 12.2 Å². The van der Waals surface area contributed by atoms with Crippen LogP contribution in [0.15, 0.2) is 24.5 Å². The molecule has 12 heteroatoms. The third-order valence-corrected chi connectivity index (χ3v) is 5.69. The zero-order chi connectivity index (χ0) is 25.1. The van der Waals surface area contributed by atoms with Crippen LogP contribution in [0.25, 0.3) is 0 Å². The second-order valence-corrected chi connectivity index (χ2v) is 9.81. The van der Waals surface area contributed by atoms with Crippen LogP contribution in [0.1, 0.15) is 57.3 Å². The summed E-state index contributed by atoms with van der Waals surface area (Å²) in [5.41, 5.74) is -1.15. The van der Waals surface area contributed by atoms with Crippen LogP contribution in [-0.2, 0) is 33.4 Å². The molecule has 2 atom stereocenters. The van der Waals surface area contributed by atoms with Gasteiger partial charge in [-0.05, 0) is 25.0 Å². The van der Waals surface area contributed by atoms with Crippen molar-refractivity contribution in [3.8, 4) is 0 Å². The fourth-order valence-corrected chi connectivity index (χ4v) is 3.55. The first kappa shape index (κ1) is 28.5. The smallest absolute Gasteiger partial charge is 0.342 e. The summed E-state index contributed by atoms with van der Waals surface area (Å²) in [7, 11) is -3.94. The molecule has 0 aliphatic heterocycles. The van der Waals surface area contributed by atoms with Gasteiger partial charge in [-0.25, -0.2) is 9.59 Å². The van der Waals surface area contributed by atoms with Crippen molar-refractivity contribution in [3.05, 3.63) is 30.1 Å². The van der Waals surface area contributed by atoms with Crippen molar-refractivity contribution in [2.24, 2.45) is 5.41 Å². The first-order valence-corrected chi connectivity index (χ1v) is 12.1. The predicted octanol–water partition coefficient (Wildman–Crippen LogP) is 1.17. The molecule has 1 aromatic rings. The summed E-state index contributed by atoms with van der Waals surface area (Å²) in [6.45, 7) is 5.67. The Labute approximate surface area is 193 Å². The van der Waals surface area contributed by atoms with E-state index in [9.17, 15) is 27.9 Å². The van der Waals surface area contributed by atoms with Crippen molar-refractivity contribution in [1.82, 2.24) is 10.3 Å². The lowest BCUT2D eigenvalue weighted by atomic mass is 9.87. The Hall–Kier alpha value is -2.57. The number of carbonyl (C=O) groups is 3. The Kier molecular flexibility index (Phi) is 11.4. The standard InChI is InChI=1S/C21H32N2O9S/c1-5-8-17(31-19(26)16-9-6-10-22-13-16)32-20(27)18(25)21(3,4)14-30-33(28,29)12-7-11-23-15(2)24/h6,9-10,13,17-18,25H,5,7-8,11-12,14H2,1-4H3,(H,23,24)/t17?,18-/m0/s1. The van der Waals surface area contributed by atoms with E-state index >= 15 is 0 Å². The minimum absolute atomic E-state index is 0.147. The first-order valence-electron chi connectivity index (χ1n) is 10.5. The van der Waals surface area contributed by atoms with Gasteiger partial charge < -0.3 is 19.9 Å². The third kappa shape index (κ3) is 10.7. The van der Waals surface area contributed by atoms with E-state index in [1.54, 1.807) is 13.0 Å².